The molecule has 6 nitrogen and oxygen atoms in total. The molecule has 0 aliphatic rings. The van der Waals surface area contributed by atoms with Gasteiger partial charge in [-0.05, 0) is 74.3 Å². The molecule has 0 amide bonds. The summed E-state index contributed by atoms with van der Waals surface area (Å²) in [6, 6.07) is 31.7. The number of hydrogen-bond acceptors (Lipinski definition) is 5. The van der Waals surface area contributed by atoms with Crippen molar-refractivity contribution in [1.29, 1.82) is 0 Å². The van der Waals surface area contributed by atoms with Crippen LogP contribution < -0.4 is 4.90 Å². The van der Waals surface area contributed by atoms with Crippen molar-refractivity contribution in [3.05, 3.63) is 132 Å². The minimum atomic E-state index is -0.305. The Morgan fingerprint density at radius 1 is 0.579 bits per heavy atom. The quantitative estimate of drug-likeness (QED) is 0.137. The van der Waals surface area contributed by atoms with Crippen LogP contribution in [0.4, 0.5) is 22.7 Å². The van der Waals surface area contributed by atoms with Crippen molar-refractivity contribution < 1.29 is 4.92 Å². The normalized spacial score (nSPS) is 11.4. The number of hydrogen-bond donors (Lipinski definition) is 0. The first-order valence-electron chi connectivity index (χ1n) is 12.2. The first kappa shape index (κ1) is 21.9. The Morgan fingerprint density at radius 3 is 1.79 bits per heavy atom. The predicted octanol–water partition coefficient (Wildman–Crippen LogP) is 8.42. The Morgan fingerprint density at radius 2 is 1.16 bits per heavy atom. The highest BCUT2D eigenvalue weighted by Crippen LogP contribution is 2.44. The van der Waals surface area contributed by atoms with Crippen molar-refractivity contribution in [3.63, 3.8) is 0 Å². The second-order valence-electron chi connectivity index (χ2n) is 9.17. The number of pyridine rings is 2. The minimum absolute atomic E-state index is 0.0631. The molecule has 0 saturated carbocycles. The van der Waals surface area contributed by atoms with Crippen LogP contribution in [0.1, 0.15) is 0 Å². The molecule has 7 aromatic rings. The first-order valence-corrected chi connectivity index (χ1v) is 12.2. The van der Waals surface area contributed by atoms with Crippen molar-refractivity contribution in [2.75, 3.05) is 4.90 Å². The molecule has 38 heavy (non-hydrogen) atoms. The third-order valence-electron chi connectivity index (χ3n) is 7.10. The predicted molar refractivity (Wildman–Crippen MR) is 153 cm³/mol. The van der Waals surface area contributed by atoms with Gasteiger partial charge in [-0.25, -0.2) is 0 Å². The average molecular weight is 493 g/mol. The van der Waals surface area contributed by atoms with Crippen molar-refractivity contribution in [2.45, 2.75) is 0 Å². The third kappa shape index (κ3) is 3.43. The van der Waals surface area contributed by atoms with Crippen LogP contribution in [0, 0.1) is 10.1 Å². The Balaban J connectivity index is 1.51. The number of anilines is 3. The summed E-state index contributed by atoms with van der Waals surface area (Å²) in [5.74, 6) is 0. The van der Waals surface area contributed by atoms with Crippen molar-refractivity contribution >= 4 is 55.1 Å². The van der Waals surface area contributed by atoms with Gasteiger partial charge < -0.3 is 4.90 Å². The fourth-order valence-corrected chi connectivity index (χ4v) is 5.44. The van der Waals surface area contributed by atoms with Gasteiger partial charge >= 0.3 is 0 Å². The van der Waals surface area contributed by atoms with Crippen LogP contribution in [0.3, 0.4) is 0 Å². The molecule has 180 valence electrons. The van der Waals surface area contributed by atoms with Crippen LogP contribution >= 0.6 is 0 Å². The van der Waals surface area contributed by atoms with E-state index in [1.165, 1.54) is 5.39 Å². The van der Waals surface area contributed by atoms with E-state index in [1.54, 1.807) is 36.9 Å². The molecule has 0 bridgehead atoms. The molecule has 0 unspecified atom stereocenters. The molecule has 2 aromatic heterocycles. The van der Waals surface area contributed by atoms with E-state index in [0.717, 1.165) is 49.6 Å². The van der Waals surface area contributed by atoms with Crippen molar-refractivity contribution in [1.82, 2.24) is 9.97 Å². The molecule has 6 heteroatoms. The van der Waals surface area contributed by atoms with Gasteiger partial charge in [0.1, 0.15) is 0 Å². The number of benzene rings is 5. The largest absolute Gasteiger partial charge is 0.310 e. The number of rotatable bonds is 5. The zero-order valence-corrected chi connectivity index (χ0v) is 20.2. The molecule has 0 radical (unpaired) electrons. The molecule has 0 saturated heterocycles. The number of nitro groups is 1. The highest BCUT2D eigenvalue weighted by Gasteiger charge is 2.22. The number of nitrogens with zero attached hydrogens (tertiary/aromatic N) is 4. The first-order chi connectivity index (χ1) is 18.7. The maximum atomic E-state index is 12.3. The van der Waals surface area contributed by atoms with Gasteiger partial charge in [-0.15, -0.1) is 0 Å². The topological polar surface area (TPSA) is 72.2 Å². The zero-order chi connectivity index (χ0) is 25.6. The highest BCUT2D eigenvalue weighted by molar-refractivity contribution is 6.25. The van der Waals surface area contributed by atoms with E-state index in [4.69, 9.17) is 0 Å². The SMILES string of the molecule is O=[N+]([O-])c1ccc(N(c2ccncc2)c2ccncc2)cc1-c1ccc2ccc3cccc4ccc1c2c34. The van der Waals surface area contributed by atoms with E-state index in [9.17, 15) is 10.1 Å². The smallest absolute Gasteiger partial charge is 0.277 e. The zero-order valence-electron chi connectivity index (χ0n) is 20.2. The molecule has 0 spiro atoms. The van der Waals surface area contributed by atoms with E-state index >= 15 is 0 Å². The van der Waals surface area contributed by atoms with Crippen LogP contribution in [-0.4, -0.2) is 14.9 Å². The van der Waals surface area contributed by atoms with Crippen molar-refractivity contribution in [3.8, 4) is 11.1 Å². The molecular weight excluding hydrogens is 472 g/mol. The van der Waals surface area contributed by atoms with Gasteiger partial charge in [-0.2, -0.15) is 0 Å². The lowest BCUT2D eigenvalue weighted by molar-refractivity contribution is -0.384. The van der Waals surface area contributed by atoms with Crippen LogP contribution in [0.2, 0.25) is 0 Å². The Kier molecular flexibility index (Phi) is 4.97. The maximum Gasteiger partial charge on any atom is 0.277 e. The molecule has 0 atom stereocenters. The number of aromatic nitrogens is 2. The van der Waals surface area contributed by atoms with Gasteiger partial charge in [-0.3, -0.25) is 20.1 Å². The summed E-state index contributed by atoms with van der Waals surface area (Å²) in [7, 11) is 0. The van der Waals surface area contributed by atoms with Crippen LogP contribution in [0.5, 0.6) is 0 Å². The second-order valence-corrected chi connectivity index (χ2v) is 9.17. The molecule has 0 aliphatic carbocycles. The standard InChI is InChI=1S/C32H20N4O2/c37-36(38)30-11-8-26(35(24-12-16-33-17-13-24)25-14-18-34-19-15-25)20-29(30)27-9-6-23-5-4-21-2-1-3-22-7-10-28(27)32(23)31(21)22/h1-20H. The van der Waals surface area contributed by atoms with Crippen molar-refractivity contribution in [2.24, 2.45) is 0 Å². The van der Waals surface area contributed by atoms with E-state index in [-0.39, 0.29) is 10.6 Å². The minimum Gasteiger partial charge on any atom is -0.310 e. The molecule has 5 aromatic carbocycles. The summed E-state index contributed by atoms with van der Waals surface area (Å²) in [4.78, 5) is 22.3. The Bertz CT molecular complexity index is 1900. The fourth-order valence-electron chi connectivity index (χ4n) is 5.44. The summed E-state index contributed by atoms with van der Waals surface area (Å²) >= 11 is 0. The third-order valence-corrected chi connectivity index (χ3v) is 7.10. The van der Waals surface area contributed by atoms with Crippen LogP contribution in [0.25, 0.3) is 43.4 Å². The lowest BCUT2D eigenvalue weighted by Crippen LogP contribution is -2.10. The van der Waals surface area contributed by atoms with Gasteiger partial charge in [0.15, 0.2) is 0 Å². The Hall–Kier alpha value is -5.36. The average Bonchev–Trinajstić information content (AvgIpc) is 2.97. The van der Waals surface area contributed by atoms with Crippen LogP contribution in [0.15, 0.2) is 122 Å². The highest BCUT2D eigenvalue weighted by atomic mass is 16.6. The van der Waals surface area contributed by atoms with E-state index in [1.807, 2.05) is 41.3 Å². The second kappa shape index (κ2) is 8.64. The van der Waals surface area contributed by atoms with Gasteiger partial charge in [0, 0.05) is 47.9 Å². The summed E-state index contributed by atoms with van der Waals surface area (Å²) in [5, 5.41) is 19.0. The summed E-state index contributed by atoms with van der Waals surface area (Å²) in [6.45, 7) is 0. The van der Waals surface area contributed by atoms with Gasteiger partial charge in [0.25, 0.3) is 5.69 Å². The lowest BCUT2D eigenvalue weighted by atomic mass is 9.89. The summed E-state index contributed by atoms with van der Waals surface area (Å²) < 4.78 is 0. The fraction of sp³-hybridized carbons (Fsp3) is 0. The molecule has 2 heterocycles. The molecule has 0 fully saturated rings. The summed E-state index contributed by atoms with van der Waals surface area (Å²) in [5.41, 5.74) is 4.04. The number of nitro benzene ring substituents is 1. The van der Waals surface area contributed by atoms with E-state index < -0.39 is 0 Å². The van der Waals surface area contributed by atoms with E-state index in [2.05, 4.69) is 58.5 Å². The van der Waals surface area contributed by atoms with Gasteiger partial charge in [0.05, 0.1) is 10.5 Å². The lowest BCUT2D eigenvalue weighted by Gasteiger charge is -2.25. The summed E-state index contributed by atoms with van der Waals surface area (Å²) in [6.07, 6.45) is 6.93. The molecule has 0 aliphatic heterocycles. The van der Waals surface area contributed by atoms with Gasteiger partial charge in [-0.1, -0.05) is 54.6 Å². The molecule has 0 N–H and O–H groups in total. The van der Waals surface area contributed by atoms with Crippen LogP contribution in [-0.2, 0) is 0 Å². The maximum absolute atomic E-state index is 12.3. The Labute approximate surface area is 217 Å². The van der Waals surface area contributed by atoms with E-state index in [0.29, 0.717) is 5.56 Å². The molecule has 7 rings (SSSR count). The molecular formula is C32H20N4O2. The van der Waals surface area contributed by atoms with Gasteiger partial charge in [0.2, 0.25) is 0 Å². The monoisotopic (exact) mass is 492 g/mol.